The standard InChI is InChI=1S/C20H21FN4O3S/c1-15(20(26)23-18-8-4-2-6-16(18)14-22)24-10-12-25(13-11-24)29(27,28)19-9-5-3-7-17(19)21/h2-9,15H,10-13H2,1H3,(H,23,26)/p+1/t15-/m0/s1. The normalized spacial score (nSPS) is 16.7. The number of sulfonamides is 1. The molecule has 0 spiro atoms. The SMILES string of the molecule is C[C@@H](C(=O)Nc1ccccc1C#N)[NH+]1CCN(S(=O)(=O)c2ccccc2F)CC1. The fourth-order valence-electron chi connectivity index (χ4n) is 3.36. The van der Waals surface area contributed by atoms with Crippen molar-refractivity contribution < 1.29 is 22.5 Å². The van der Waals surface area contributed by atoms with E-state index in [0.29, 0.717) is 24.3 Å². The average Bonchev–Trinajstić information content (AvgIpc) is 2.73. The van der Waals surface area contributed by atoms with E-state index in [1.807, 2.05) is 6.07 Å². The van der Waals surface area contributed by atoms with Gasteiger partial charge >= 0.3 is 0 Å². The van der Waals surface area contributed by atoms with Crippen molar-refractivity contribution in [3.8, 4) is 6.07 Å². The van der Waals surface area contributed by atoms with Crippen LogP contribution in [0.5, 0.6) is 0 Å². The molecule has 1 fully saturated rings. The van der Waals surface area contributed by atoms with E-state index in [4.69, 9.17) is 5.26 Å². The quantitative estimate of drug-likeness (QED) is 0.746. The zero-order valence-corrected chi connectivity index (χ0v) is 16.7. The number of nitrogens with zero attached hydrogens (tertiary/aromatic N) is 2. The van der Waals surface area contributed by atoms with Crippen LogP contribution in [-0.4, -0.2) is 50.9 Å². The number of nitrogens with one attached hydrogen (secondary N) is 2. The lowest BCUT2D eigenvalue weighted by atomic mass is 10.1. The van der Waals surface area contributed by atoms with Crippen LogP contribution >= 0.6 is 0 Å². The number of hydrogen-bond donors (Lipinski definition) is 2. The minimum atomic E-state index is -3.91. The van der Waals surface area contributed by atoms with Crippen LogP contribution in [0, 0.1) is 17.1 Å². The molecule has 1 saturated heterocycles. The molecule has 2 aromatic rings. The molecule has 1 heterocycles. The van der Waals surface area contributed by atoms with Crippen molar-refractivity contribution in [3.05, 3.63) is 59.9 Å². The van der Waals surface area contributed by atoms with Crippen LogP contribution in [0.1, 0.15) is 12.5 Å². The number of carbonyl (C=O) groups excluding carboxylic acids is 1. The lowest BCUT2D eigenvalue weighted by Gasteiger charge is -2.34. The van der Waals surface area contributed by atoms with Gasteiger partial charge in [0.2, 0.25) is 10.0 Å². The van der Waals surface area contributed by atoms with Crippen molar-refractivity contribution in [1.82, 2.24) is 4.31 Å². The average molecular weight is 417 g/mol. The summed E-state index contributed by atoms with van der Waals surface area (Å²) in [5.41, 5.74) is 0.830. The highest BCUT2D eigenvalue weighted by molar-refractivity contribution is 7.89. The number of anilines is 1. The molecule has 29 heavy (non-hydrogen) atoms. The third-order valence-electron chi connectivity index (χ3n) is 5.13. The Kier molecular flexibility index (Phi) is 6.27. The molecule has 1 aliphatic heterocycles. The molecule has 0 unspecified atom stereocenters. The van der Waals surface area contributed by atoms with Crippen molar-refractivity contribution in [1.29, 1.82) is 5.26 Å². The van der Waals surface area contributed by atoms with Gasteiger partial charge in [-0.15, -0.1) is 0 Å². The van der Waals surface area contributed by atoms with E-state index in [2.05, 4.69) is 5.32 Å². The number of amides is 1. The third-order valence-corrected chi connectivity index (χ3v) is 7.06. The number of carbonyl (C=O) groups is 1. The molecule has 7 nitrogen and oxygen atoms in total. The minimum absolute atomic E-state index is 0.193. The fraction of sp³-hybridized carbons (Fsp3) is 0.300. The largest absolute Gasteiger partial charge is 0.323 e. The zero-order chi connectivity index (χ0) is 21.0. The second-order valence-corrected chi connectivity index (χ2v) is 8.77. The first-order valence-corrected chi connectivity index (χ1v) is 10.7. The Morgan fingerprint density at radius 2 is 1.79 bits per heavy atom. The molecule has 152 valence electrons. The van der Waals surface area contributed by atoms with Gasteiger partial charge in [0.05, 0.1) is 37.4 Å². The van der Waals surface area contributed by atoms with Crippen LogP contribution in [0.3, 0.4) is 0 Å². The number of rotatable bonds is 5. The van der Waals surface area contributed by atoms with E-state index in [9.17, 15) is 17.6 Å². The van der Waals surface area contributed by atoms with Gasteiger partial charge in [-0.05, 0) is 31.2 Å². The second kappa shape index (κ2) is 8.69. The Hall–Kier alpha value is -2.80. The van der Waals surface area contributed by atoms with Gasteiger partial charge in [0, 0.05) is 0 Å². The molecule has 1 atom stereocenters. The highest BCUT2D eigenvalue weighted by Crippen LogP contribution is 2.19. The molecule has 0 saturated carbocycles. The molecule has 3 rings (SSSR count). The van der Waals surface area contributed by atoms with Crippen LogP contribution in [0.2, 0.25) is 0 Å². The molecule has 0 radical (unpaired) electrons. The first kappa shape index (κ1) is 20.9. The summed E-state index contributed by atoms with van der Waals surface area (Å²) in [7, 11) is -3.91. The summed E-state index contributed by atoms with van der Waals surface area (Å²) in [6, 6.07) is 13.7. The number of hydrogen-bond acceptors (Lipinski definition) is 4. The Labute approximate surface area is 169 Å². The van der Waals surface area contributed by atoms with E-state index in [0.717, 1.165) is 11.0 Å². The molecular formula is C20H22FN4O3S+. The van der Waals surface area contributed by atoms with Crippen molar-refractivity contribution in [3.63, 3.8) is 0 Å². The molecular weight excluding hydrogens is 395 g/mol. The maximum atomic E-state index is 13.9. The lowest BCUT2D eigenvalue weighted by molar-refractivity contribution is -0.917. The monoisotopic (exact) mass is 417 g/mol. The smallest absolute Gasteiger partial charge is 0.282 e. The van der Waals surface area contributed by atoms with Crippen LogP contribution in [-0.2, 0) is 14.8 Å². The van der Waals surface area contributed by atoms with Crippen LogP contribution in [0.25, 0.3) is 0 Å². The Balaban J connectivity index is 1.64. The highest BCUT2D eigenvalue weighted by atomic mass is 32.2. The van der Waals surface area contributed by atoms with Crippen molar-refractivity contribution in [2.75, 3.05) is 31.5 Å². The molecule has 1 aliphatic rings. The van der Waals surface area contributed by atoms with Gasteiger partial charge in [-0.1, -0.05) is 24.3 Å². The fourth-order valence-corrected chi connectivity index (χ4v) is 4.86. The molecule has 2 aromatic carbocycles. The van der Waals surface area contributed by atoms with Crippen molar-refractivity contribution in [2.45, 2.75) is 17.9 Å². The molecule has 9 heteroatoms. The van der Waals surface area contributed by atoms with Gasteiger partial charge in [-0.2, -0.15) is 9.57 Å². The Morgan fingerprint density at radius 1 is 1.17 bits per heavy atom. The molecule has 0 aromatic heterocycles. The second-order valence-electron chi connectivity index (χ2n) is 6.86. The maximum Gasteiger partial charge on any atom is 0.282 e. The minimum Gasteiger partial charge on any atom is -0.323 e. The summed E-state index contributed by atoms with van der Waals surface area (Å²) >= 11 is 0. The first-order valence-electron chi connectivity index (χ1n) is 9.24. The number of quaternary nitrogens is 1. The summed E-state index contributed by atoms with van der Waals surface area (Å²) in [5.74, 6) is -1.01. The van der Waals surface area contributed by atoms with E-state index >= 15 is 0 Å². The van der Waals surface area contributed by atoms with E-state index in [1.54, 1.807) is 31.2 Å². The number of benzene rings is 2. The van der Waals surface area contributed by atoms with Gasteiger partial charge in [0.25, 0.3) is 5.91 Å². The van der Waals surface area contributed by atoms with Gasteiger partial charge in [-0.3, -0.25) is 4.79 Å². The topological polar surface area (TPSA) is 94.7 Å². The summed E-state index contributed by atoms with van der Waals surface area (Å²) in [4.78, 5) is 13.2. The Bertz CT molecular complexity index is 1040. The van der Waals surface area contributed by atoms with Gasteiger partial charge in [0.1, 0.15) is 16.8 Å². The van der Waals surface area contributed by atoms with E-state index in [-0.39, 0.29) is 23.9 Å². The van der Waals surface area contributed by atoms with Gasteiger partial charge in [-0.25, -0.2) is 12.8 Å². The van der Waals surface area contributed by atoms with E-state index in [1.165, 1.54) is 22.5 Å². The van der Waals surface area contributed by atoms with Crippen LogP contribution in [0.15, 0.2) is 53.4 Å². The summed E-state index contributed by atoms with van der Waals surface area (Å²) in [6.07, 6.45) is 0. The van der Waals surface area contributed by atoms with Crippen molar-refractivity contribution >= 4 is 21.6 Å². The zero-order valence-electron chi connectivity index (χ0n) is 15.9. The molecule has 0 aliphatic carbocycles. The van der Waals surface area contributed by atoms with Gasteiger partial charge < -0.3 is 10.2 Å². The number of para-hydroxylation sites is 1. The van der Waals surface area contributed by atoms with E-state index < -0.39 is 21.9 Å². The summed E-state index contributed by atoms with van der Waals surface area (Å²) in [5, 5.41) is 11.9. The highest BCUT2D eigenvalue weighted by Gasteiger charge is 2.35. The van der Waals surface area contributed by atoms with Crippen LogP contribution < -0.4 is 10.2 Å². The molecule has 2 N–H and O–H groups in total. The number of piperazine rings is 1. The predicted molar refractivity (Wildman–Crippen MR) is 105 cm³/mol. The molecule has 1 amide bonds. The first-order chi connectivity index (χ1) is 13.8. The summed E-state index contributed by atoms with van der Waals surface area (Å²) < 4.78 is 40.6. The Morgan fingerprint density at radius 3 is 2.45 bits per heavy atom. The summed E-state index contributed by atoms with van der Waals surface area (Å²) in [6.45, 7) is 2.99. The number of nitriles is 1. The maximum absolute atomic E-state index is 13.9. The van der Waals surface area contributed by atoms with Crippen molar-refractivity contribution in [2.24, 2.45) is 0 Å². The third kappa shape index (κ3) is 4.45. The predicted octanol–water partition coefficient (Wildman–Crippen LogP) is 0.614. The lowest BCUT2D eigenvalue weighted by Crippen LogP contribution is -3.19. The van der Waals surface area contributed by atoms with Gasteiger partial charge in [0.15, 0.2) is 6.04 Å². The number of halogens is 1. The van der Waals surface area contributed by atoms with Crippen LogP contribution in [0.4, 0.5) is 10.1 Å². The molecule has 0 bridgehead atoms.